The molecule has 1 saturated heterocycles. The zero-order chi connectivity index (χ0) is 14.1. The Labute approximate surface area is 117 Å². The van der Waals surface area contributed by atoms with Crippen LogP contribution in [0.1, 0.15) is 12.8 Å². The third-order valence-corrected chi connectivity index (χ3v) is 3.59. The van der Waals surface area contributed by atoms with E-state index < -0.39 is 6.10 Å². The maximum Gasteiger partial charge on any atom is 0.234 e. The maximum absolute atomic E-state index is 11.7. The van der Waals surface area contributed by atoms with Crippen LogP contribution in [0.4, 0.5) is 0 Å². The molecular weight excluding hydrogens is 260 g/mol. The van der Waals surface area contributed by atoms with Gasteiger partial charge in [-0.1, -0.05) is 0 Å². The summed E-state index contributed by atoms with van der Waals surface area (Å²) >= 11 is 0. The first-order valence-electron chi connectivity index (χ1n) is 6.95. The lowest BCUT2D eigenvalue weighted by atomic mass is 10.3. The van der Waals surface area contributed by atoms with E-state index in [1.807, 2.05) is 11.9 Å². The zero-order valence-electron chi connectivity index (χ0n) is 11.5. The number of β-amino-alcohol motifs (C(OH)–C–C–N with tert-alkyl or cyclic N) is 1. The first kappa shape index (κ1) is 13.4. The number of ether oxygens (including phenoxy) is 1. The molecule has 2 fully saturated rings. The first-order chi connectivity index (χ1) is 9.60. The normalized spacial score (nSPS) is 26.7. The third-order valence-electron chi connectivity index (χ3n) is 3.59. The van der Waals surface area contributed by atoms with E-state index in [4.69, 9.17) is 4.74 Å². The van der Waals surface area contributed by atoms with Gasteiger partial charge in [0, 0.05) is 26.2 Å². The molecule has 2 atom stereocenters. The molecule has 0 bridgehead atoms. The Morgan fingerprint density at radius 2 is 2.35 bits per heavy atom. The summed E-state index contributed by atoms with van der Waals surface area (Å²) in [5.41, 5.74) is 0. The largest absolute Gasteiger partial charge is 0.483 e. The van der Waals surface area contributed by atoms with Crippen molar-refractivity contribution in [2.24, 2.45) is 7.05 Å². The van der Waals surface area contributed by atoms with Crippen LogP contribution in [-0.4, -0.2) is 63.6 Å². The molecule has 2 heterocycles. The van der Waals surface area contributed by atoms with E-state index >= 15 is 0 Å². The lowest BCUT2D eigenvalue weighted by Crippen LogP contribution is -2.37. The molecule has 0 aromatic carbocycles. The zero-order valence-corrected chi connectivity index (χ0v) is 11.5. The molecule has 0 spiro atoms. The summed E-state index contributed by atoms with van der Waals surface area (Å²) in [6.07, 6.45) is 4.66. The van der Waals surface area contributed by atoms with Gasteiger partial charge in [-0.2, -0.15) is 5.10 Å². The summed E-state index contributed by atoms with van der Waals surface area (Å²) in [6, 6.07) is 0.373. The van der Waals surface area contributed by atoms with Crippen molar-refractivity contribution in [3.05, 3.63) is 12.4 Å². The van der Waals surface area contributed by atoms with Gasteiger partial charge in [-0.15, -0.1) is 0 Å². The minimum absolute atomic E-state index is 0.0294. The Morgan fingerprint density at radius 1 is 1.55 bits per heavy atom. The molecule has 7 nitrogen and oxygen atoms in total. The number of aliphatic hydroxyl groups is 1. The van der Waals surface area contributed by atoms with Gasteiger partial charge in [0.05, 0.1) is 18.9 Å². The monoisotopic (exact) mass is 280 g/mol. The Bertz CT molecular complexity index is 486. The number of hydrogen-bond acceptors (Lipinski definition) is 5. The lowest BCUT2D eigenvalue weighted by Gasteiger charge is -2.15. The number of nitrogens with zero attached hydrogens (tertiary/aromatic N) is 3. The molecule has 1 amide bonds. The van der Waals surface area contributed by atoms with Gasteiger partial charge in [0.1, 0.15) is 12.2 Å². The predicted octanol–water partition coefficient (Wildman–Crippen LogP) is -0.877. The topological polar surface area (TPSA) is 79.6 Å². The van der Waals surface area contributed by atoms with Crippen molar-refractivity contribution in [3.8, 4) is 5.75 Å². The fraction of sp³-hybridized carbons (Fsp3) is 0.692. The molecule has 7 heteroatoms. The summed E-state index contributed by atoms with van der Waals surface area (Å²) in [5.74, 6) is 0.669. The molecule has 0 radical (unpaired) electrons. The standard InChI is InChI=1S/C13H20N4O3/c1-16-5-10(4-14-16)20-12-7-17(6-11(12)18)8-13(19)15-9-2-3-9/h4-5,9,11-12,18H,2-3,6-8H2,1H3,(H,15,19)/t11-,12-/m1/s1. The molecular formula is C13H20N4O3. The van der Waals surface area contributed by atoms with Gasteiger partial charge in [-0.05, 0) is 12.8 Å². The van der Waals surface area contributed by atoms with Crippen LogP contribution in [0.3, 0.4) is 0 Å². The summed E-state index contributed by atoms with van der Waals surface area (Å²) < 4.78 is 7.36. The van der Waals surface area contributed by atoms with Crippen molar-refractivity contribution in [1.82, 2.24) is 20.0 Å². The number of amides is 1. The molecule has 1 aliphatic carbocycles. The summed E-state index contributed by atoms with van der Waals surface area (Å²) in [5, 5.41) is 17.0. The maximum atomic E-state index is 11.7. The quantitative estimate of drug-likeness (QED) is 0.732. The second kappa shape index (κ2) is 5.41. The van der Waals surface area contributed by atoms with Gasteiger partial charge < -0.3 is 15.2 Å². The fourth-order valence-corrected chi connectivity index (χ4v) is 2.42. The van der Waals surface area contributed by atoms with Crippen LogP contribution in [0, 0.1) is 0 Å². The van der Waals surface area contributed by atoms with Crippen molar-refractivity contribution in [1.29, 1.82) is 0 Å². The Balaban J connectivity index is 1.49. The van der Waals surface area contributed by atoms with Gasteiger partial charge in [0.25, 0.3) is 0 Å². The number of aliphatic hydroxyl groups excluding tert-OH is 1. The molecule has 1 aromatic heterocycles. The van der Waals surface area contributed by atoms with E-state index in [0.29, 0.717) is 31.4 Å². The molecule has 1 saturated carbocycles. The van der Waals surface area contributed by atoms with Crippen LogP contribution in [-0.2, 0) is 11.8 Å². The van der Waals surface area contributed by atoms with E-state index in [2.05, 4.69) is 10.4 Å². The number of rotatable bonds is 5. The lowest BCUT2D eigenvalue weighted by molar-refractivity contribution is -0.122. The van der Waals surface area contributed by atoms with E-state index in [9.17, 15) is 9.90 Å². The second-order valence-electron chi connectivity index (χ2n) is 5.61. The van der Waals surface area contributed by atoms with Crippen molar-refractivity contribution < 1.29 is 14.6 Å². The van der Waals surface area contributed by atoms with E-state index in [1.54, 1.807) is 17.1 Å². The third kappa shape index (κ3) is 3.29. The number of aryl methyl sites for hydroxylation is 1. The highest BCUT2D eigenvalue weighted by Crippen LogP contribution is 2.20. The van der Waals surface area contributed by atoms with E-state index in [-0.39, 0.29) is 12.0 Å². The molecule has 2 aliphatic rings. The summed E-state index contributed by atoms with van der Waals surface area (Å²) in [7, 11) is 1.81. The van der Waals surface area contributed by atoms with E-state index in [0.717, 1.165) is 12.8 Å². The summed E-state index contributed by atoms with van der Waals surface area (Å²) in [6.45, 7) is 1.33. The average Bonchev–Trinajstić information content (AvgIpc) is 2.99. The number of nitrogens with one attached hydrogen (secondary N) is 1. The van der Waals surface area contributed by atoms with Crippen LogP contribution < -0.4 is 10.1 Å². The molecule has 1 aromatic rings. The second-order valence-corrected chi connectivity index (χ2v) is 5.61. The fourth-order valence-electron chi connectivity index (χ4n) is 2.42. The highest BCUT2D eigenvalue weighted by Gasteiger charge is 2.34. The molecule has 20 heavy (non-hydrogen) atoms. The van der Waals surface area contributed by atoms with Crippen LogP contribution >= 0.6 is 0 Å². The highest BCUT2D eigenvalue weighted by atomic mass is 16.5. The van der Waals surface area contributed by atoms with Crippen molar-refractivity contribution in [2.75, 3.05) is 19.6 Å². The summed E-state index contributed by atoms with van der Waals surface area (Å²) in [4.78, 5) is 13.7. The van der Waals surface area contributed by atoms with Crippen LogP contribution in [0.2, 0.25) is 0 Å². The van der Waals surface area contributed by atoms with Crippen LogP contribution in [0.25, 0.3) is 0 Å². The molecule has 110 valence electrons. The Kier molecular flexibility index (Phi) is 3.62. The number of carbonyl (C=O) groups is 1. The smallest absolute Gasteiger partial charge is 0.234 e. The molecule has 1 aliphatic heterocycles. The van der Waals surface area contributed by atoms with Crippen LogP contribution in [0.5, 0.6) is 5.75 Å². The number of likely N-dealkylation sites (tertiary alicyclic amines) is 1. The average molecular weight is 280 g/mol. The highest BCUT2D eigenvalue weighted by molar-refractivity contribution is 5.78. The Hall–Kier alpha value is -1.60. The minimum atomic E-state index is -0.580. The predicted molar refractivity (Wildman–Crippen MR) is 71.2 cm³/mol. The number of hydrogen-bond donors (Lipinski definition) is 2. The van der Waals surface area contributed by atoms with Crippen molar-refractivity contribution in [3.63, 3.8) is 0 Å². The van der Waals surface area contributed by atoms with E-state index in [1.165, 1.54) is 0 Å². The van der Waals surface area contributed by atoms with Gasteiger partial charge in [0.15, 0.2) is 5.75 Å². The Morgan fingerprint density at radius 3 is 3.00 bits per heavy atom. The van der Waals surface area contributed by atoms with Gasteiger partial charge >= 0.3 is 0 Å². The molecule has 2 N–H and O–H groups in total. The molecule has 3 rings (SSSR count). The van der Waals surface area contributed by atoms with Crippen molar-refractivity contribution in [2.45, 2.75) is 31.1 Å². The SMILES string of the molecule is Cn1cc(O[C@@H]2CN(CC(=O)NC3CC3)C[C@H]2O)cn1. The minimum Gasteiger partial charge on any atom is -0.483 e. The van der Waals surface area contributed by atoms with Gasteiger partial charge in [0.2, 0.25) is 5.91 Å². The van der Waals surface area contributed by atoms with Crippen molar-refractivity contribution >= 4 is 5.91 Å². The number of aromatic nitrogens is 2. The van der Waals surface area contributed by atoms with Crippen LogP contribution in [0.15, 0.2) is 12.4 Å². The number of carbonyl (C=O) groups excluding carboxylic acids is 1. The van der Waals surface area contributed by atoms with Gasteiger partial charge in [-0.3, -0.25) is 14.4 Å². The first-order valence-corrected chi connectivity index (χ1v) is 6.95. The van der Waals surface area contributed by atoms with Gasteiger partial charge in [-0.25, -0.2) is 0 Å². The molecule has 0 unspecified atom stereocenters.